The maximum atomic E-state index is 12.5. The molecule has 2 fully saturated rings. The molecule has 2 saturated carbocycles. The molecule has 0 saturated heterocycles. The van der Waals surface area contributed by atoms with Crippen LogP contribution in [-0.4, -0.2) is 6.36 Å². The van der Waals surface area contributed by atoms with Gasteiger partial charge in [0.25, 0.3) is 0 Å². The number of rotatable bonds is 7. The van der Waals surface area contributed by atoms with E-state index < -0.39 is 6.36 Å². The van der Waals surface area contributed by atoms with Crippen LogP contribution in [0.15, 0.2) is 24.3 Å². The second kappa shape index (κ2) is 9.54. The van der Waals surface area contributed by atoms with Crippen LogP contribution in [-0.2, 0) is 5.41 Å². The molecule has 28 heavy (non-hydrogen) atoms. The minimum atomic E-state index is -4.62. The van der Waals surface area contributed by atoms with Gasteiger partial charge in [0.15, 0.2) is 0 Å². The van der Waals surface area contributed by atoms with Gasteiger partial charge < -0.3 is 4.74 Å². The number of benzene rings is 1. The zero-order valence-electron chi connectivity index (χ0n) is 17.2. The number of halogens is 3. The van der Waals surface area contributed by atoms with Crippen LogP contribution in [0.5, 0.6) is 5.75 Å². The number of hydrogen-bond acceptors (Lipinski definition) is 1. The summed E-state index contributed by atoms with van der Waals surface area (Å²) in [6.45, 7) is 2.26. The monoisotopic (exact) mass is 396 g/mol. The first kappa shape index (κ1) is 21.5. The first-order chi connectivity index (χ1) is 13.4. The molecule has 0 heterocycles. The van der Waals surface area contributed by atoms with Gasteiger partial charge in [-0.15, -0.1) is 13.2 Å². The van der Waals surface area contributed by atoms with Gasteiger partial charge in [-0.05, 0) is 60.6 Å². The number of hydrogen-bond donors (Lipinski definition) is 0. The Labute approximate surface area is 168 Å². The molecular weight excluding hydrogens is 361 g/mol. The summed E-state index contributed by atoms with van der Waals surface area (Å²) in [5, 5.41) is 0. The highest BCUT2D eigenvalue weighted by molar-refractivity contribution is 5.34. The summed E-state index contributed by atoms with van der Waals surface area (Å²) in [6.07, 6.45) is 12.0. The Hall–Kier alpha value is -1.19. The fourth-order valence-corrected chi connectivity index (χ4v) is 5.79. The minimum Gasteiger partial charge on any atom is -0.406 e. The molecule has 0 atom stereocenters. The van der Waals surface area contributed by atoms with Gasteiger partial charge in [0.1, 0.15) is 5.75 Å². The summed E-state index contributed by atoms with van der Waals surface area (Å²) in [7, 11) is 0. The summed E-state index contributed by atoms with van der Waals surface area (Å²) >= 11 is 0. The molecule has 3 rings (SSSR count). The quantitative estimate of drug-likeness (QED) is 0.422. The molecule has 0 spiro atoms. The summed E-state index contributed by atoms with van der Waals surface area (Å²) in [5.41, 5.74) is 1.39. The van der Waals surface area contributed by atoms with Crippen LogP contribution < -0.4 is 4.74 Å². The van der Waals surface area contributed by atoms with Crippen LogP contribution in [0.4, 0.5) is 13.2 Å². The van der Waals surface area contributed by atoms with Crippen molar-refractivity contribution in [1.29, 1.82) is 0 Å². The predicted molar refractivity (Wildman–Crippen MR) is 107 cm³/mol. The third-order valence-electron chi connectivity index (χ3n) is 7.25. The average molecular weight is 397 g/mol. The van der Waals surface area contributed by atoms with Gasteiger partial charge in [-0.1, -0.05) is 76.8 Å². The van der Waals surface area contributed by atoms with Gasteiger partial charge in [-0.2, -0.15) is 0 Å². The van der Waals surface area contributed by atoms with E-state index in [4.69, 9.17) is 0 Å². The van der Waals surface area contributed by atoms with Gasteiger partial charge in [0.2, 0.25) is 0 Å². The number of unbranched alkanes of at least 4 members (excludes halogenated alkanes) is 2. The molecule has 1 aromatic rings. The van der Waals surface area contributed by atoms with Gasteiger partial charge in [-0.3, -0.25) is 0 Å². The SMILES string of the molecule is CCCCCC1CCC(C2(c3ccc(OC(F)(F)F)cc3)CCCCC2)CC1. The van der Waals surface area contributed by atoms with Crippen LogP contribution in [0.3, 0.4) is 0 Å². The molecule has 2 aliphatic rings. The molecule has 4 heteroatoms. The summed E-state index contributed by atoms with van der Waals surface area (Å²) < 4.78 is 41.5. The molecule has 0 bridgehead atoms. The molecule has 0 N–H and O–H groups in total. The van der Waals surface area contributed by atoms with Crippen molar-refractivity contribution < 1.29 is 17.9 Å². The van der Waals surface area contributed by atoms with Gasteiger partial charge in [0.05, 0.1) is 0 Å². The lowest BCUT2D eigenvalue weighted by atomic mass is 9.57. The van der Waals surface area contributed by atoms with Gasteiger partial charge in [0, 0.05) is 0 Å². The zero-order chi connectivity index (χ0) is 20.0. The standard InChI is InChI=1S/C24H35F3O/c1-2-3-5-8-19-9-11-20(12-10-19)23(17-6-4-7-18-23)21-13-15-22(16-14-21)28-24(25,26)27/h13-16,19-20H,2-12,17-18H2,1H3. The maximum absolute atomic E-state index is 12.5. The Balaban J connectivity index is 1.69. The topological polar surface area (TPSA) is 9.23 Å². The van der Waals surface area contributed by atoms with E-state index >= 15 is 0 Å². The first-order valence-electron chi connectivity index (χ1n) is 11.3. The smallest absolute Gasteiger partial charge is 0.406 e. The molecule has 0 radical (unpaired) electrons. The Bertz CT molecular complexity index is 579. The highest BCUT2D eigenvalue weighted by Crippen LogP contribution is 2.51. The number of alkyl halides is 3. The fourth-order valence-electron chi connectivity index (χ4n) is 5.79. The first-order valence-corrected chi connectivity index (χ1v) is 11.3. The molecule has 2 aliphatic carbocycles. The molecular formula is C24H35F3O. The van der Waals surface area contributed by atoms with Crippen molar-refractivity contribution in [1.82, 2.24) is 0 Å². The normalized spacial score (nSPS) is 25.4. The van der Waals surface area contributed by atoms with E-state index in [1.54, 1.807) is 0 Å². The summed E-state index contributed by atoms with van der Waals surface area (Å²) in [6, 6.07) is 6.82. The molecule has 0 unspecified atom stereocenters. The van der Waals surface area contributed by atoms with Gasteiger partial charge >= 0.3 is 6.36 Å². The largest absolute Gasteiger partial charge is 0.573 e. The Morgan fingerprint density at radius 2 is 1.57 bits per heavy atom. The maximum Gasteiger partial charge on any atom is 0.573 e. The predicted octanol–water partition coefficient (Wildman–Crippen LogP) is 8.17. The van der Waals surface area contributed by atoms with E-state index in [0.29, 0.717) is 5.92 Å². The van der Waals surface area contributed by atoms with Crippen molar-refractivity contribution in [3.8, 4) is 5.75 Å². The van der Waals surface area contributed by atoms with Crippen molar-refractivity contribution in [2.24, 2.45) is 11.8 Å². The van der Waals surface area contributed by atoms with Crippen LogP contribution in [0.1, 0.15) is 96.0 Å². The Morgan fingerprint density at radius 3 is 2.14 bits per heavy atom. The van der Waals surface area contributed by atoms with Gasteiger partial charge in [-0.25, -0.2) is 0 Å². The van der Waals surface area contributed by atoms with Crippen molar-refractivity contribution in [3.05, 3.63) is 29.8 Å². The van der Waals surface area contributed by atoms with Crippen molar-refractivity contribution >= 4 is 0 Å². The molecule has 158 valence electrons. The van der Waals surface area contributed by atoms with Crippen LogP contribution in [0.25, 0.3) is 0 Å². The fraction of sp³-hybridized carbons (Fsp3) is 0.750. The van der Waals surface area contributed by atoms with E-state index in [0.717, 1.165) is 5.92 Å². The Kier molecular flexibility index (Phi) is 7.33. The van der Waals surface area contributed by atoms with E-state index in [2.05, 4.69) is 11.7 Å². The molecule has 1 nitrogen and oxygen atoms in total. The third-order valence-corrected chi connectivity index (χ3v) is 7.25. The number of ether oxygens (including phenoxy) is 1. The van der Waals surface area contributed by atoms with E-state index in [9.17, 15) is 13.2 Å². The highest BCUT2D eigenvalue weighted by Gasteiger charge is 2.42. The Morgan fingerprint density at radius 1 is 0.929 bits per heavy atom. The molecule has 0 amide bonds. The van der Waals surface area contributed by atoms with Crippen LogP contribution in [0, 0.1) is 11.8 Å². The third kappa shape index (κ3) is 5.45. The summed E-state index contributed by atoms with van der Waals surface area (Å²) in [4.78, 5) is 0. The van der Waals surface area contributed by atoms with Crippen molar-refractivity contribution in [2.75, 3.05) is 0 Å². The molecule has 0 aromatic heterocycles. The van der Waals surface area contributed by atoms with Crippen molar-refractivity contribution in [3.63, 3.8) is 0 Å². The van der Waals surface area contributed by atoms with Crippen LogP contribution >= 0.6 is 0 Å². The lowest BCUT2D eigenvalue weighted by molar-refractivity contribution is -0.274. The zero-order valence-corrected chi connectivity index (χ0v) is 17.2. The molecule has 1 aromatic carbocycles. The lowest BCUT2D eigenvalue weighted by Crippen LogP contribution is -2.39. The van der Waals surface area contributed by atoms with E-state index in [-0.39, 0.29) is 11.2 Å². The average Bonchev–Trinajstić information content (AvgIpc) is 2.69. The lowest BCUT2D eigenvalue weighted by Gasteiger charge is -2.47. The molecule has 0 aliphatic heterocycles. The second-order valence-corrected chi connectivity index (χ2v) is 9.00. The second-order valence-electron chi connectivity index (χ2n) is 9.00. The minimum absolute atomic E-state index is 0.109. The van der Waals surface area contributed by atoms with E-state index in [1.165, 1.54) is 101 Å². The van der Waals surface area contributed by atoms with Crippen LogP contribution in [0.2, 0.25) is 0 Å². The summed E-state index contributed by atoms with van der Waals surface area (Å²) in [5.74, 6) is 1.44. The van der Waals surface area contributed by atoms with E-state index in [1.807, 2.05) is 12.1 Å². The highest BCUT2D eigenvalue weighted by atomic mass is 19.4. The van der Waals surface area contributed by atoms with Crippen molar-refractivity contribution in [2.45, 2.75) is 102 Å².